The molecule has 1 amide bonds. The van der Waals surface area contributed by atoms with Gasteiger partial charge in [0, 0.05) is 51.2 Å². The Morgan fingerprint density at radius 2 is 1.96 bits per heavy atom. The van der Waals surface area contributed by atoms with E-state index in [0.717, 1.165) is 52.0 Å². The Hall–Kier alpha value is -2.36. The van der Waals surface area contributed by atoms with Crippen molar-refractivity contribution in [1.82, 2.24) is 9.80 Å². The molecule has 1 heterocycles. The van der Waals surface area contributed by atoms with E-state index in [-0.39, 0.29) is 11.5 Å². The summed E-state index contributed by atoms with van der Waals surface area (Å²) in [4.78, 5) is 16.7. The fourth-order valence-electron chi connectivity index (χ4n) is 2.95. The Morgan fingerprint density at radius 3 is 2.54 bits per heavy atom. The lowest BCUT2D eigenvalue weighted by Gasteiger charge is -2.33. The van der Waals surface area contributed by atoms with Crippen LogP contribution in [0.25, 0.3) is 0 Å². The molecule has 0 aliphatic carbocycles. The average molecular weight is 355 g/mol. The molecule has 26 heavy (non-hydrogen) atoms. The third-order valence-electron chi connectivity index (χ3n) is 4.56. The number of carbonyl (C=O) groups excluding carboxylic acids is 1. The van der Waals surface area contributed by atoms with Crippen molar-refractivity contribution in [3.63, 3.8) is 0 Å². The molecule has 1 saturated heterocycles. The minimum absolute atomic E-state index is 0.132. The first-order valence-corrected chi connectivity index (χ1v) is 9.35. The van der Waals surface area contributed by atoms with Gasteiger partial charge in [0.25, 0.3) is 5.91 Å². The molecular formula is C20H29N5O. The van der Waals surface area contributed by atoms with Crippen LogP contribution in [0.4, 0.5) is 5.69 Å². The zero-order valence-corrected chi connectivity index (χ0v) is 15.6. The molecule has 1 aromatic rings. The third-order valence-corrected chi connectivity index (χ3v) is 4.56. The molecule has 2 rings (SSSR count). The number of hydrogen-bond acceptors (Lipinski definition) is 5. The first-order chi connectivity index (χ1) is 12.7. The van der Waals surface area contributed by atoms with Crippen molar-refractivity contribution < 1.29 is 4.79 Å². The molecular weight excluding hydrogens is 326 g/mol. The highest BCUT2D eigenvalue weighted by atomic mass is 16.1. The molecule has 1 aliphatic heterocycles. The quantitative estimate of drug-likeness (QED) is 0.550. The zero-order valence-electron chi connectivity index (χ0n) is 15.6. The van der Waals surface area contributed by atoms with Gasteiger partial charge in [-0.15, -0.1) is 0 Å². The lowest BCUT2D eigenvalue weighted by Crippen LogP contribution is -2.45. The maximum atomic E-state index is 12.4. The number of piperazine rings is 1. The van der Waals surface area contributed by atoms with E-state index in [4.69, 9.17) is 5.73 Å². The van der Waals surface area contributed by atoms with E-state index in [0.29, 0.717) is 12.2 Å². The molecule has 0 atom stereocenters. The molecule has 6 nitrogen and oxygen atoms in total. The summed E-state index contributed by atoms with van der Waals surface area (Å²) in [6.45, 7) is 7.09. The average Bonchev–Trinajstić information content (AvgIpc) is 2.67. The minimum Gasteiger partial charge on any atom is -0.374 e. The molecule has 6 heteroatoms. The maximum Gasteiger partial charge on any atom is 0.267 e. The normalized spacial score (nSPS) is 15.6. The van der Waals surface area contributed by atoms with E-state index in [1.54, 1.807) is 6.20 Å². The van der Waals surface area contributed by atoms with Gasteiger partial charge < -0.3 is 16.0 Å². The van der Waals surface area contributed by atoms with E-state index in [1.807, 2.05) is 35.2 Å². The van der Waals surface area contributed by atoms with Crippen molar-refractivity contribution >= 4 is 11.6 Å². The van der Waals surface area contributed by atoms with Gasteiger partial charge in [-0.1, -0.05) is 25.5 Å². The lowest BCUT2D eigenvalue weighted by atomic mass is 10.1. The van der Waals surface area contributed by atoms with Crippen LogP contribution in [0.2, 0.25) is 0 Å². The molecule has 1 aliphatic rings. The monoisotopic (exact) mass is 355 g/mol. The van der Waals surface area contributed by atoms with Crippen molar-refractivity contribution in [2.24, 2.45) is 5.73 Å². The van der Waals surface area contributed by atoms with E-state index in [2.05, 4.69) is 17.1 Å². The van der Waals surface area contributed by atoms with Gasteiger partial charge in [0.2, 0.25) is 0 Å². The Balaban J connectivity index is 1.91. The van der Waals surface area contributed by atoms with Gasteiger partial charge in [0.05, 0.1) is 0 Å². The highest BCUT2D eigenvalue weighted by Gasteiger charge is 2.16. The van der Waals surface area contributed by atoms with Crippen LogP contribution in [-0.4, -0.2) is 55.0 Å². The summed E-state index contributed by atoms with van der Waals surface area (Å²) in [7, 11) is 0. The first kappa shape index (κ1) is 20.0. The first-order valence-electron chi connectivity index (χ1n) is 9.35. The number of hydrogen-bond donors (Lipinski definition) is 2. The summed E-state index contributed by atoms with van der Waals surface area (Å²) >= 11 is 0. The predicted molar refractivity (Wildman–Crippen MR) is 104 cm³/mol. The second-order valence-electron chi connectivity index (χ2n) is 6.58. The summed E-state index contributed by atoms with van der Waals surface area (Å²) in [5.41, 5.74) is 7.68. The Labute approximate surface area is 156 Å². The van der Waals surface area contributed by atoms with Gasteiger partial charge in [-0.2, -0.15) is 5.26 Å². The van der Waals surface area contributed by atoms with Crippen molar-refractivity contribution in [2.75, 3.05) is 44.6 Å². The maximum absolute atomic E-state index is 12.4. The second-order valence-corrected chi connectivity index (χ2v) is 6.58. The molecule has 0 radical (unpaired) electrons. The SMILES string of the molecule is CCCCc1ccc(NC(=O)/C(C#N)=C\N2CCN(CCN)CC2)cc1. The summed E-state index contributed by atoms with van der Waals surface area (Å²) in [5, 5.41) is 12.2. The molecule has 140 valence electrons. The Bertz CT molecular complexity index is 639. The number of nitrogens with one attached hydrogen (secondary N) is 1. The predicted octanol–water partition coefficient (Wildman–Crippen LogP) is 1.95. The number of anilines is 1. The van der Waals surface area contributed by atoms with Crippen LogP contribution in [0.5, 0.6) is 0 Å². The van der Waals surface area contributed by atoms with Gasteiger partial charge in [-0.25, -0.2) is 0 Å². The second kappa shape index (κ2) is 10.6. The van der Waals surface area contributed by atoms with Crippen LogP contribution >= 0.6 is 0 Å². The van der Waals surface area contributed by atoms with Gasteiger partial charge in [-0.3, -0.25) is 9.69 Å². The van der Waals surface area contributed by atoms with Gasteiger partial charge in [0.1, 0.15) is 11.6 Å². The molecule has 0 unspecified atom stereocenters. The van der Waals surface area contributed by atoms with Crippen molar-refractivity contribution in [3.05, 3.63) is 41.6 Å². The minimum atomic E-state index is -0.363. The summed E-state index contributed by atoms with van der Waals surface area (Å²) < 4.78 is 0. The number of rotatable bonds is 8. The molecule has 1 aromatic carbocycles. The van der Waals surface area contributed by atoms with Crippen molar-refractivity contribution in [2.45, 2.75) is 26.2 Å². The molecule has 0 bridgehead atoms. The fourth-order valence-corrected chi connectivity index (χ4v) is 2.95. The van der Waals surface area contributed by atoms with E-state index in [1.165, 1.54) is 5.56 Å². The van der Waals surface area contributed by atoms with Gasteiger partial charge in [-0.05, 0) is 30.5 Å². The van der Waals surface area contributed by atoms with Crippen LogP contribution in [0, 0.1) is 11.3 Å². The number of nitrogens with two attached hydrogens (primary N) is 1. The van der Waals surface area contributed by atoms with Crippen LogP contribution < -0.4 is 11.1 Å². The molecule has 0 saturated carbocycles. The van der Waals surface area contributed by atoms with Crippen molar-refractivity contribution in [1.29, 1.82) is 5.26 Å². The number of carbonyl (C=O) groups is 1. The Kier molecular flexibility index (Phi) is 8.13. The third kappa shape index (κ3) is 6.17. The zero-order chi connectivity index (χ0) is 18.8. The van der Waals surface area contributed by atoms with Gasteiger partial charge in [0.15, 0.2) is 0 Å². The topological polar surface area (TPSA) is 85.4 Å². The number of amides is 1. The number of nitrogens with zero attached hydrogens (tertiary/aromatic N) is 3. The molecule has 0 aromatic heterocycles. The Morgan fingerprint density at radius 1 is 1.27 bits per heavy atom. The van der Waals surface area contributed by atoms with Crippen LogP contribution in [0.15, 0.2) is 36.0 Å². The summed E-state index contributed by atoms with van der Waals surface area (Å²) in [6, 6.07) is 9.85. The van der Waals surface area contributed by atoms with Crippen LogP contribution in [0.1, 0.15) is 25.3 Å². The van der Waals surface area contributed by atoms with Crippen LogP contribution in [-0.2, 0) is 11.2 Å². The number of benzene rings is 1. The van der Waals surface area contributed by atoms with E-state index in [9.17, 15) is 10.1 Å². The lowest BCUT2D eigenvalue weighted by molar-refractivity contribution is -0.112. The largest absolute Gasteiger partial charge is 0.374 e. The molecule has 3 N–H and O–H groups in total. The van der Waals surface area contributed by atoms with E-state index >= 15 is 0 Å². The fraction of sp³-hybridized carbons (Fsp3) is 0.500. The molecule has 0 spiro atoms. The standard InChI is InChI=1S/C20H29N5O/c1-2-3-4-17-5-7-19(8-6-17)23-20(26)18(15-22)16-25-13-11-24(10-9-21)12-14-25/h5-8,16H,2-4,9-14,21H2,1H3,(H,23,26)/b18-16-. The van der Waals surface area contributed by atoms with Crippen molar-refractivity contribution in [3.8, 4) is 6.07 Å². The van der Waals surface area contributed by atoms with E-state index < -0.39 is 0 Å². The molecule has 1 fully saturated rings. The smallest absolute Gasteiger partial charge is 0.267 e. The highest BCUT2D eigenvalue weighted by Crippen LogP contribution is 2.13. The number of nitriles is 1. The number of unbranched alkanes of at least 4 members (excludes halogenated alkanes) is 1. The van der Waals surface area contributed by atoms with Gasteiger partial charge >= 0.3 is 0 Å². The summed E-state index contributed by atoms with van der Waals surface area (Å²) in [5.74, 6) is -0.363. The summed E-state index contributed by atoms with van der Waals surface area (Å²) in [6.07, 6.45) is 5.04. The van der Waals surface area contributed by atoms with Crippen LogP contribution in [0.3, 0.4) is 0 Å². The highest BCUT2D eigenvalue weighted by molar-refractivity contribution is 6.06. The number of aryl methyl sites for hydroxylation is 1.